The molecule has 174 valence electrons. The maximum absolute atomic E-state index is 13.2. The lowest BCUT2D eigenvalue weighted by Crippen LogP contribution is -2.49. The molecule has 1 fully saturated rings. The third-order valence-corrected chi connectivity index (χ3v) is 7.29. The van der Waals surface area contributed by atoms with Crippen molar-refractivity contribution in [2.75, 3.05) is 43.0 Å². The fourth-order valence-corrected chi connectivity index (χ4v) is 5.26. The molecule has 1 aromatic carbocycles. The van der Waals surface area contributed by atoms with Gasteiger partial charge in [0.05, 0.1) is 11.5 Å². The summed E-state index contributed by atoms with van der Waals surface area (Å²) in [5.74, 6) is 3.44. The Labute approximate surface area is 194 Å². The van der Waals surface area contributed by atoms with E-state index in [0.29, 0.717) is 56.0 Å². The Morgan fingerprint density at radius 1 is 1.00 bits per heavy atom. The van der Waals surface area contributed by atoms with E-state index in [-0.39, 0.29) is 4.90 Å². The molecular weight excluding hydrogens is 440 g/mol. The molecule has 0 atom stereocenters. The minimum Gasteiger partial charge on any atom is -0.494 e. The van der Waals surface area contributed by atoms with Crippen molar-refractivity contribution in [2.24, 2.45) is 0 Å². The SMILES string of the molecule is CCOc1ccc(S(=O)(=O)N2CCN(c3cc(Nc4ccccn4)nc(C)n3)CC2)cc1C. The molecule has 0 saturated carbocycles. The normalized spacial score (nSPS) is 14.8. The summed E-state index contributed by atoms with van der Waals surface area (Å²) in [4.78, 5) is 15.6. The number of rotatable bonds is 7. The van der Waals surface area contributed by atoms with Crippen molar-refractivity contribution >= 4 is 27.5 Å². The van der Waals surface area contributed by atoms with Gasteiger partial charge in [0.25, 0.3) is 0 Å². The number of hydrogen-bond acceptors (Lipinski definition) is 8. The molecule has 0 bridgehead atoms. The molecule has 9 nitrogen and oxygen atoms in total. The summed E-state index contributed by atoms with van der Waals surface area (Å²) < 4.78 is 33.4. The van der Waals surface area contributed by atoms with Crippen LogP contribution < -0.4 is 15.0 Å². The van der Waals surface area contributed by atoms with Gasteiger partial charge in [-0.05, 0) is 56.7 Å². The minimum atomic E-state index is -3.58. The van der Waals surface area contributed by atoms with Gasteiger partial charge in [0.2, 0.25) is 10.0 Å². The molecule has 1 aliphatic rings. The fraction of sp³-hybridized carbons (Fsp3) is 0.348. The van der Waals surface area contributed by atoms with Crippen molar-refractivity contribution in [1.82, 2.24) is 19.3 Å². The molecule has 0 spiro atoms. The van der Waals surface area contributed by atoms with Crippen LogP contribution in [0.4, 0.5) is 17.5 Å². The van der Waals surface area contributed by atoms with Crippen LogP contribution in [-0.4, -0.2) is 60.5 Å². The highest BCUT2D eigenvalue weighted by molar-refractivity contribution is 7.89. The lowest BCUT2D eigenvalue weighted by atomic mass is 10.2. The van der Waals surface area contributed by atoms with E-state index in [0.717, 1.165) is 11.4 Å². The Kier molecular flexibility index (Phi) is 6.75. The molecule has 4 rings (SSSR count). The summed E-state index contributed by atoms with van der Waals surface area (Å²) in [6, 6.07) is 12.5. The summed E-state index contributed by atoms with van der Waals surface area (Å²) in [7, 11) is -3.58. The molecular formula is C23H28N6O3S. The van der Waals surface area contributed by atoms with Crippen molar-refractivity contribution in [3.8, 4) is 5.75 Å². The number of piperazine rings is 1. The molecule has 1 aliphatic heterocycles. The van der Waals surface area contributed by atoms with Crippen LogP contribution in [-0.2, 0) is 10.0 Å². The molecule has 3 heterocycles. The third kappa shape index (κ3) is 5.23. The molecule has 1 N–H and O–H groups in total. The maximum Gasteiger partial charge on any atom is 0.243 e. The quantitative estimate of drug-likeness (QED) is 0.564. The van der Waals surface area contributed by atoms with Crippen LogP contribution in [0.2, 0.25) is 0 Å². The first kappa shape index (κ1) is 22.9. The lowest BCUT2D eigenvalue weighted by molar-refractivity contribution is 0.337. The second-order valence-corrected chi connectivity index (χ2v) is 9.69. The smallest absolute Gasteiger partial charge is 0.243 e. The van der Waals surface area contributed by atoms with E-state index >= 15 is 0 Å². The number of hydrogen-bond donors (Lipinski definition) is 1. The van der Waals surface area contributed by atoms with E-state index in [9.17, 15) is 8.42 Å². The molecule has 1 saturated heterocycles. The van der Waals surface area contributed by atoms with Crippen LogP contribution in [0.15, 0.2) is 53.6 Å². The molecule has 0 amide bonds. The average Bonchev–Trinajstić information content (AvgIpc) is 2.81. The highest BCUT2D eigenvalue weighted by Crippen LogP contribution is 2.26. The largest absolute Gasteiger partial charge is 0.494 e. The Balaban J connectivity index is 1.46. The second-order valence-electron chi connectivity index (χ2n) is 7.75. The van der Waals surface area contributed by atoms with E-state index in [2.05, 4.69) is 25.2 Å². The van der Waals surface area contributed by atoms with Crippen LogP contribution in [0.25, 0.3) is 0 Å². The van der Waals surface area contributed by atoms with Gasteiger partial charge < -0.3 is 15.0 Å². The Morgan fingerprint density at radius 2 is 1.79 bits per heavy atom. The van der Waals surface area contributed by atoms with Crippen molar-refractivity contribution < 1.29 is 13.2 Å². The van der Waals surface area contributed by atoms with Crippen LogP contribution in [0, 0.1) is 13.8 Å². The van der Waals surface area contributed by atoms with E-state index in [4.69, 9.17) is 4.74 Å². The number of benzene rings is 1. The van der Waals surface area contributed by atoms with E-state index in [1.54, 1.807) is 24.4 Å². The monoisotopic (exact) mass is 468 g/mol. The van der Waals surface area contributed by atoms with Gasteiger partial charge in [-0.1, -0.05) is 6.07 Å². The van der Waals surface area contributed by atoms with Gasteiger partial charge in [0, 0.05) is 38.4 Å². The van der Waals surface area contributed by atoms with Crippen molar-refractivity contribution in [3.05, 3.63) is 60.0 Å². The number of nitrogens with zero attached hydrogens (tertiary/aromatic N) is 5. The first-order valence-corrected chi connectivity index (χ1v) is 12.3. The average molecular weight is 469 g/mol. The molecule has 0 unspecified atom stereocenters. The van der Waals surface area contributed by atoms with E-state index in [1.165, 1.54) is 4.31 Å². The number of aromatic nitrogens is 3. The summed E-state index contributed by atoms with van der Waals surface area (Å²) in [6.07, 6.45) is 1.71. The summed E-state index contributed by atoms with van der Waals surface area (Å²) in [5, 5.41) is 3.19. The van der Waals surface area contributed by atoms with Gasteiger partial charge in [0.1, 0.15) is 29.0 Å². The molecule has 10 heteroatoms. The van der Waals surface area contributed by atoms with E-state index < -0.39 is 10.0 Å². The third-order valence-electron chi connectivity index (χ3n) is 5.39. The summed E-state index contributed by atoms with van der Waals surface area (Å²) >= 11 is 0. The molecule has 33 heavy (non-hydrogen) atoms. The number of sulfonamides is 1. The second kappa shape index (κ2) is 9.72. The van der Waals surface area contributed by atoms with Gasteiger partial charge in [0.15, 0.2) is 0 Å². The van der Waals surface area contributed by atoms with Gasteiger partial charge in [-0.15, -0.1) is 0 Å². The first-order chi connectivity index (χ1) is 15.9. The topological polar surface area (TPSA) is 101 Å². The number of aryl methyl sites for hydroxylation is 2. The van der Waals surface area contributed by atoms with Crippen LogP contribution >= 0.6 is 0 Å². The summed E-state index contributed by atoms with van der Waals surface area (Å²) in [6.45, 7) is 7.96. The first-order valence-electron chi connectivity index (χ1n) is 10.9. The maximum atomic E-state index is 13.2. The molecule has 2 aromatic heterocycles. The predicted octanol–water partition coefficient (Wildman–Crippen LogP) is 3.14. The molecule has 0 aliphatic carbocycles. The number of ether oxygens (including phenoxy) is 1. The number of nitrogens with one attached hydrogen (secondary N) is 1. The Bertz CT molecular complexity index is 1210. The van der Waals surface area contributed by atoms with Crippen molar-refractivity contribution in [1.29, 1.82) is 0 Å². The zero-order valence-electron chi connectivity index (χ0n) is 19.0. The minimum absolute atomic E-state index is 0.289. The van der Waals surface area contributed by atoms with Crippen molar-refractivity contribution in [2.45, 2.75) is 25.7 Å². The van der Waals surface area contributed by atoms with Crippen LogP contribution in [0.3, 0.4) is 0 Å². The van der Waals surface area contributed by atoms with Gasteiger partial charge >= 0.3 is 0 Å². The van der Waals surface area contributed by atoms with Gasteiger partial charge in [-0.2, -0.15) is 4.31 Å². The van der Waals surface area contributed by atoms with Gasteiger partial charge in [-0.3, -0.25) is 0 Å². The van der Waals surface area contributed by atoms with Crippen molar-refractivity contribution in [3.63, 3.8) is 0 Å². The lowest BCUT2D eigenvalue weighted by Gasteiger charge is -2.35. The molecule has 0 radical (unpaired) electrons. The van der Waals surface area contributed by atoms with Gasteiger partial charge in [-0.25, -0.2) is 23.4 Å². The zero-order chi connectivity index (χ0) is 23.4. The predicted molar refractivity (Wildman–Crippen MR) is 128 cm³/mol. The Morgan fingerprint density at radius 3 is 2.45 bits per heavy atom. The highest BCUT2D eigenvalue weighted by atomic mass is 32.2. The fourth-order valence-electron chi connectivity index (χ4n) is 3.75. The van der Waals surface area contributed by atoms with Crippen LogP contribution in [0.5, 0.6) is 5.75 Å². The highest BCUT2D eigenvalue weighted by Gasteiger charge is 2.29. The standard InChI is InChI=1S/C23H28N6O3S/c1-4-32-20-9-8-19(15-17(20)2)33(30,31)29-13-11-28(12-14-29)23-16-22(25-18(3)26-23)27-21-7-5-6-10-24-21/h5-10,15-16H,4,11-14H2,1-3H3,(H,24,25,26,27). The molecule has 3 aromatic rings. The van der Waals surface area contributed by atoms with Crippen LogP contribution in [0.1, 0.15) is 18.3 Å². The zero-order valence-corrected chi connectivity index (χ0v) is 19.8. The van der Waals surface area contributed by atoms with E-state index in [1.807, 2.05) is 45.0 Å². The number of pyridine rings is 1. The summed E-state index contributed by atoms with van der Waals surface area (Å²) in [5.41, 5.74) is 0.806. The Hall–Kier alpha value is -3.24. The number of anilines is 3.